The first-order valence-electron chi connectivity index (χ1n) is 4.28. The zero-order chi connectivity index (χ0) is 14.5. The van der Waals surface area contributed by atoms with Crippen molar-refractivity contribution in [2.75, 3.05) is 34.3 Å². The van der Waals surface area contributed by atoms with E-state index in [1.165, 1.54) is 0 Å². The molecular formula is C7H15F4NO4S. The first-order chi connectivity index (χ1) is 7.25. The van der Waals surface area contributed by atoms with Crippen LogP contribution >= 0.6 is 0 Å². The molecule has 1 N–H and O–H groups in total. The van der Waals surface area contributed by atoms with Crippen molar-refractivity contribution in [1.82, 2.24) is 0 Å². The Morgan fingerprint density at radius 2 is 1.65 bits per heavy atom. The molecule has 10 heteroatoms. The van der Waals surface area contributed by atoms with Crippen LogP contribution in [0, 0.1) is 0 Å². The third-order valence-electron chi connectivity index (χ3n) is 1.36. The van der Waals surface area contributed by atoms with Crippen LogP contribution in [0.25, 0.3) is 0 Å². The number of rotatable bonds is 4. The van der Waals surface area contributed by atoms with Crippen LogP contribution in [0.2, 0.25) is 0 Å². The summed E-state index contributed by atoms with van der Waals surface area (Å²) in [6.07, 6.45) is -4.48. The lowest BCUT2D eigenvalue weighted by Crippen LogP contribution is -2.36. The van der Waals surface area contributed by atoms with Crippen LogP contribution in [0.3, 0.4) is 0 Å². The maximum Gasteiger partial charge on any atom is 0.393 e. The Morgan fingerprint density at radius 3 is 1.65 bits per heavy atom. The average molecular weight is 285 g/mol. The van der Waals surface area contributed by atoms with Gasteiger partial charge < -0.3 is 14.1 Å². The van der Waals surface area contributed by atoms with Crippen molar-refractivity contribution < 1.29 is 40.1 Å². The molecule has 0 spiro atoms. The van der Waals surface area contributed by atoms with E-state index < -0.39 is 21.8 Å². The molecule has 17 heavy (non-hydrogen) atoms. The molecule has 0 amide bonds. The molecule has 0 aromatic heterocycles. The van der Waals surface area contributed by atoms with Gasteiger partial charge in [0.2, 0.25) is 0 Å². The lowest BCUT2D eigenvalue weighted by atomic mass is 10.5. The Balaban J connectivity index is 0. The van der Waals surface area contributed by atoms with Gasteiger partial charge in [0, 0.05) is 0 Å². The number of quaternary nitrogens is 1. The second-order valence-electron chi connectivity index (χ2n) is 4.05. The van der Waals surface area contributed by atoms with Gasteiger partial charge in [0.25, 0.3) is 0 Å². The molecule has 0 aromatic carbocycles. The molecule has 0 bridgehead atoms. The molecule has 0 heterocycles. The van der Waals surface area contributed by atoms with Crippen molar-refractivity contribution in [3.8, 4) is 0 Å². The van der Waals surface area contributed by atoms with E-state index in [4.69, 9.17) is 5.11 Å². The van der Waals surface area contributed by atoms with Gasteiger partial charge in [0.1, 0.15) is 6.54 Å². The van der Waals surface area contributed by atoms with E-state index in [0.29, 0.717) is 0 Å². The van der Waals surface area contributed by atoms with Crippen molar-refractivity contribution >= 4 is 10.1 Å². The van der Waals surface area contributed by atoms with Crippen molar-refractivity contribution in [3.63, 3.8) is 0 Å². The second-order valence-corrected chi connectivity index (χ2v) is 5.51. The number of aliphatic hydroxyl groups excluding tert-OH is 1. The molecule has 0 aliphatic rings. The third-order valence-corrected chi connectivity index (χ3v) is 2.20. The number of aliphatic hydroxyl groups is 1. The molecule has 0 aromatic rings. The van der Waals surface area contributed by atoms with Gasteiger partial charge in [-0.3, -0.25) is 0 Å². The minimum Gasteiger partial charge on any atom is -0.743 e. The summed E-state index contributed by atoms with van der Waals surface area (Å²) in [4.78, 5) is 0. The number of nitrogens with zero attached hydrogens (tertiary/aromatic N) is 1. The maximum absolute atomic E-state index is 11.4. The molecule has 0 atom stereocenters. The summed E-state index contributed by atoms with van der Waals surface area (Å²) in [5.41, 5.74) is 0. The largest absolute Gasteiger partial charge is 0.743 e. The minimum atomic E-state index is -6.23. The fourth-order valence-corrected chi connectivity index (χ4v) is 0.627. The summed E-state index contributed by atoms with van der Waals surface area (Å²) in [5, 5.41) is 2.91. The first kappa shape index (κ1) is 18.9. The Hall–Kier alpha value is -0.450. The summed E-state index contributed by atoms with van der Waals surface area (Å²) in [6, 6.07) is 0. The summed E-state index contributed by atoms with van der Waals surface area (Å²) in [7, 11) is -0.0795. The average Bonchev–Trinajstić information content (AvgIpc) is 2.00. The summed E-state index contributed by atoms with van der Waals surface area (Å²) >= 11 is 0. The number of hydrogen-bond acceptors (Lipinski definition) is 4. The van der Waals surface area contributed by atoms with E-state index >= 15 is 0 Å². The SMILES string of the molecule is C[N+](C)(C)CCO.O=S(=O)([O-])C(F)(F)C(F)F. The Kier molecular flexibility index (Phi) is 7.20. The molecule has 0 aliphatic carbocycles. The predicted molar refractivity (Wildman–Crippen MR) is 50.6 cm³/mol. The molecule has 0 saturated carbocycles. The Bertz CT molecular complexity index is 312. The van der Waals surface area contributed by atoms with E-state index in [2.05, 4.69) is 21.1 Å². The van der Waals surface area contributed by atoms with Crippen LogP contribution in [-0.4, -0.2) is 68.5 Å². The first-order valence-corrected chi connectivity index (χ1v) is 5.69. The van der Waals surface area contributed by atoms with Crippen molar-refractivity contribution in [2.45, 2.75) is 11.7 Å². The van der Waals surface area contributed by atoms with Crippen molar-refractivity contribution in [1.29, 1.82) is 0 Å². The normalized spacial score (nSPS) is 13.3. The zero-order valence-electron chi connectivity index (χ0n) is 9.53. The van der Waals surface area contributed by atoms with Crippen LogP contribution in [0.4, 0.5) is 17.6 Å². The number of hydrogen-bond donors (Lipinski definition) is 1. The molecule has 0 saturated heterocycles. The van der Waals surface area contributed by atoms with E-state index in [0.717, 1.165) is 11.0 Å². The predicted octanol–water partition coefficient (Wildman–Crippen LogP) is 0.0744. The summed E-state index contributed by atoms with van der Waals surface area (Å²) < 4.78 is 73.5. The molecule has 106 valence electrons. The van der Waals surface area contributed by atoms with Crippen molar-refractivity contribution in [2.24, 2.45) is 0 Å². The van der Waals surface area contributed by atoms with E-state index in [1.807, 2.05) is 0 Å². The quantitative estimate of drug-likeness (QED) is 0.450. The molecule has 0 radical (unpaired) electrons. The third kappa shape index (κ3) is 8.30. The van der Waals surface area contributed by atoms with E-state index in [9.17, 15) is 30.5 Å². The van der Waals surface area contributed by atoms with Crippen LogP contribution in [0.15, 0.2) is 0 Å². The van der Waals surface area contributed by atoms with Gasteiger partial charge >= 0.3 is 11.7 Å². The van der Waals surface area contributed by atoms with E-state index in [-0.39, 0.29) is 6.61 Å². The lowest BCUT2D eigenvalue weighted by Gasteiger charge is -2.21. The molecule has 0 rings (SSSR count). The molecule has 0 unspecified atom stereocenters. The Morgan fingerprint density at radius 1 is 1.29 bits per heavy atom. The Labute approximate surface area is 97.0 Å². The van der Waals surface area contributed by atoms with Crippen LogP contribution in [0.1, 0.15) is 0 Å². The van der Waals surface area contributed by atoms with Crippen LogP contribution < -0.4 is 0 Å². The summed E-state index contributed by atoms with van der Waals surface area (Å²) in [6.45, 7) is 1.11. The lowest BCUT2D eigenvalue weighted by molar-refractivity contribution is -0.870. The van der Waals surface area contributed by atoms with Gasteiger partial charge in [0.05, 0.1) is 27.7 Å². The molecule has 0 fully saturated rings. The monoisotopic (exact) mass is 285 g/mol. The molecule has 5 nitrogen and oxygen atoms in total. The molecule has 0 aliphatic heterocycles. The van der Waals surface area contributed by atoms with Crippen LogP contribution in [-0.2, 0) is 10.1 Å². The van der Waals surface area contributed by atoms with Crippen LogP contribution in [0.5, 0.6) is 0 Å². The highest BCUT2D eigenvalue weighted by Gasteiger charge is 2.48. The number of alkyl halides is 4. The topological polar surface area (TPSA) is 77.4 Å². The van der Waals surface area contributed by atoms with Gasteiger partial charge in [-0.1, -0.05) is 0 Å². The number of halogens is 4. The van der Waals surface area contributed by atoms with Gasteiger partial charge in [-0.15, -0.1) is 0 Å². The maximum atomic E-state index is 11.4. The smallest absolute Gasteiger partial charge is 0.393 e. The fourth-order valence-electron chi connectivity index (χ4n) is 0.409. The fraction of sp³-hybridized carbons (Fsp3) is 1.00. The van der Waals surface area contributed by atoms with Gasteiger partial charge in [-0.2, -0.15) is 8.78 Å². The van der Waals surface area contributed by atoms with Gasteiger partial charge in [0.15, 0.2) is 10.1 Å². The van der Waals surface area contributed by atoms with Gasteiger partial charge in [-0.25, -0.2) is 17.2 Å². The highest BCUT2D eigenvalue weighted by atomic mass is 32.2. The minimum absolute atomic E-state index is 0.281. The standard InChI is InChI=1S/C5H14NO.C2H2F4O3S/c1-6(2,3)4-5-7;3-1(4)2(5,6)10(7,8)9/h7H,4-5H2,1-3H3;1H,(H,7,8,9)/q+1;/p-1. The highest BCUT2D eigenvalue weighted by molar-refractivity contribution is 7.86. The second kappa shape index (κ2) is 6.47. The number of likely N-dealkylation sites (N-methyl/N-ethyl adjacent to an activating group) is 1. The van der Waals surface area contributed by atoms with Gasteiger partial charge in [-0.05, 0) is 0 Å². The summed E-state index contributed by atoms with van der Waals surface area (Å²) in [5.74, 6) is 0. The molecular weight excluding hydrogens is 270 g/mol. The zero-order valence-corrected chi connectivity index (χ0v) is 10.3. The highest BCUT2D eigenvalue weighted by Crippen LogP contribution is 2.27. The van der Waals surface area contributed by atoms with E-state index in [1.54, 1.807) is 0 Å². The van der Waals surface area contributed by atoms with Crippen molar-refractivity contribution in [3.05, 3.63) is 0 Å².